The lowest BCUT2D eigenvalue weighted by Crippen LogP contribution is -2.23. The minimum atomic E-state index is 0.433. The molecule has 2 aromatic rings. The van der Waals surface area contributed by atoms with Crippen molar-refractivity contribution in [2.75, 3.05) is 0 Å². The Morgan fingerprint density at radius 2 is 2.22 bits per heavy atom. The normalized spacial score (nSPS) is 17.9. The molecular weight excluding hydrogens is 267 g/mol. The van der Waals surface area contributed by atoms with Gasteiger partial charge in [-0.1, -0.05) is 24.1 Å². The number of para-hydroxylation sites is 1. The number of benzene rings is 1. The molecule has 1 aliphatic carbocycles. The number of hydrogen-bond acceptors (Lipinski definition) is 1. The van der Waals surface area contributed by atoms with Crippen molar-refractivity contribution in [1.29, 1.82) is 0 Å². The number of fused-ring (bicyclic) bond motifs is 1. The molecule has 1 unspecified atom stereocenters. The molecule has 4 heteroatoms. The number of hydrogen-bond donors (Lipinski definition) is 0. The molecule has 0 saturated heterocycles. The van der Waals surface area contributed by atoms with Crippen LogP contribution in [0.15, 0.2) is 18.2 Å². The van der Waals surface area contributed by atoms with E-state index in [1.165, 1.54) is 19.3 Å². The molecule has 1 saturated carbocycles. The van der Waals surface area contributed by atoms with Crippen LogP contribution in [0.2, 0.25) is 5.02 Å². The Bertz CT molecular complexity index is 572. The van der Waals surface area contributed by atoms with Gasteiger partial charge in [0.25, 0.3) is 0 Å². The van der Waals surface area contributed by atoms with Crippen molar-refractivity contribution in [2.24, 2.45) is 5.92 Å². The fourth-order valence-electron chi connectivity index (χ4n) is 2.81. The smallest absolute Gasteiger partial charge is 0.125 e. The van der Waals surface area contributed by atoms with E-state index in [-0.39, 0.29) is 0 Å². The fourth-order valence-corrected chi connectivity index (χ4v) is 3.21. The van der Waals surface area contributed by atoms with Crippen LogP contribution in [0, 0.1) is 5.92 Å². The number of imidazole rings is 1. The monoisotopic (exact) mass is 282 g/mol. The van der Waals surface area contributed by atoms with Crippen LogP contribution in [0.1, 0.15) is 38.1 Å². The lowest BCUT2D eigenvalue weighted by Gasteiger charge is -2.33. The van der Waals surface area contributed by atoms with Gasteiger partial charge < -0.3 is 4.57 Å². The fraction of sp³-hybridized carbons (Fsp3) is 0.500. The maximum absolute atomic E-state index is 6.21. The van der Waals surface area contributed by atoms with E-state index < -0.39 is 0 Å². The summed E-state index contributed by atoms with van der Waals surface area (Å²) < 4.78 is 2.28. The summed E-state index contributed by atoms with van der Waals surface area (Å²) in [4.78, 5) is 4.59. The quantitative estimate of drug-likeness (QED) is 0.740. The number of nitrogens with zero attached hydrogens (tertiary/aromatic N) is 2. The van der Waals surface area contributed by atoms with E-state index in [4.69, 9.17) is 23.2 Å². The van der Waals surface area contributed by atoms with Gasteiger partial charge in [0.2, 0.25) is 0 Å². The van der Waals surface area contributed by atoms with Crippen molar-refractivity contribution in [3.8, 4) is 0 Å². The lowest BCUT2D eigenvalue weighted by atomic mass is 9.80. The van der Waals surface area contributed by atoms with Crippen molar-refractivity contribution < 1.29 is 0 Å². The second-order valence-corrected chi connectivity index (χ2v) is 5.75. The highest BCUT2D eigenvalue weighted by molar-refractivity contribution is 6.35. The molecule has 1 atom stereocenters. The zero-order valence-electron chi connectivity index (χ0n) is 10.4. The van der Waals surface area contributed by atoms with Gasteiger partial charge in [0.1, 0.15) is 11.3 Å². The van der Waals surface area contributed by atoms with Crippen LogP contribution in [0.5, 0.6) is 0 Å². The molecule has 1 heterocycles. The van der Waals surface area contributed by atoms with Gasteiger partial charge in [-0.05, 0) is 37.8 Å². The molecule has 0 spiro atoms. The second kappa shape index (κ2) is 4.75. The first-order valence-electron chi connectivity index (χ1n) is 6.43. The lowest BCUT2D eigenvalue weighted by molar-refractivity contribution is 0.223. The van der Waals surface area contributed by atoms with Crippen LogP contribution in [-0.2, 0) is 5.88 Å². The topological polar surface area (TPSA) is 17.8 Å². The molecule has 0 bridgehead atoms. The number of aromatic nitrogens is 2. The molecular formula is C14H16Cl2N2. The van der Waals surface area contributed by atoms with E-state index in [2.05, 4.69) is 22.5 Å². The van der Waals surface area contributed by atoms with Gasteiger partial charge >= 0.3 is 0 Å². The molecule has 18 heavy (non-hydrogen) atoms. The van der Waals surface area contributed by atoms with Crippen LogP contribution in [0.4, 0.5) is 0 Å². The molecule has 0 amide bonds. The maximum Gasteiger partial charge on any atom is 0.125 e. The number of alkyl halides is 1. The third-order valence-electron chi connectivity index (χ3n) is 4.10. The van der Waals surface area contributed by atoms with E-state index in [1.807, 2.05) is 12.1 Å². The minimum absolute atomic E-state index is 0.433. The summed E-state index contributed by atoms with van der Waals surface area (Å²) in [6, 6.07) is 6.40. The third kappa shape index (κ3) is 1.83. The summed E-state index contributed by atoms with van der Waals surface area (Å²) in [6.45, 7) is 2.27. The summed E-state index contributed by atoms with van der Waals surface area (Å²) in [5.41, 5.74) is 1.98. The van der Waals surface area contributed by atoms with Crippen molar-refractivity contribution >= 4 is 34.2 Å². The Hall–Kier alpha value is -0.730. The highest BCUT2D eigenvalue weighted by atomic mass is 35.5. The molecule has 96 valence electrons. The van der Waals surface area contributed by atoms with Gasteiger partial charge in [-0.25, -0.2) is 4.98 Å². The van der Waals surface area contributed by atoms with Crippen molar-refractivity contribution in [1.82, 2.24) is 9.55 Å². The molecule has 1 aliphatic rings. The average molecular weight is 283 g/mol. The second-order valence-electron chi connectivity index (χ2n) is 5.07. The largest absolute Gasteiger partial charge is 0.324 e. The standard InChI is InChI=1S/C14H16Cl2N2/c1-9(10-4-2-5-10)18-12-7-3-6-11(16)14(12)17-13(18)8-15/h3,6-7,9-10H,2,4-5,8H2,1H3. The Kier molecular flexibility index (Phi) is 3.25. The number of rotatable bonds is 3. The highest BCUT2D eigenvalue weighted by Gasteiger charge is 2.28. The third-order valence-corrected chi connectivity index (χ3v) is 4.65. The average Bonchev–Trinajstić information content (AvgIpc) is 2.66. The predicted molar refractivity (Wildman–Crippen MR) is 76.4 cm³/mol. The van der Waals surface area contributed by atoms with E-state index in [0.717, 1.165) is 22.8 Å². The van der Waals surface area contributed by atoms with Gasteiger partial charge in [0.15, 0.2) is 0 Å². The molecule has 0 aliphatic heterocycles. The van der Waals surface area contributed by atoms with Crippen molar-refractivity contribution in [3.63, 3.8) is 0 Å². The van der Waals surface area contributed by atoms with Gasteiger partial charge in [-0.2, -0.15) is 0 Å². The van der Waals surface area contributed by atoms with Crippen molar-refractivity contribution in [3.05, 3.63) is 29.0 Å². The van der Waals surface area contributed by atoms with Crippen molar-refractivity contribution in [2.45, 2.75) is 38.1 Å². The molecule has 0 N–H and O–H groups in total. The molecule has 3 rings (SSSR count). The van der Waals surface area contributed by atoms with Gasteiger partial charge in [0.05, 0.1) is 16.4 Å². The zero-order valence-corrected chi connectivity index (χ0v) is 11.9. The first kappa shape index (κ1) is 12.3. The Balaban J connectivity index is 2.16. The van der Waals surface area contributed by atoms with Crippen LogP contribution in [0.25, 0.3) is 11.0 Å². The number of halogens is 2. The SMILES string of the molecule is CC(C1CCC1)n1c(CCl)nc2c(Cl)cccc21. The molecule has 1 aromatic carbocycles. The summed E-state index contributed by atoms with van der Waals surface area (Å²) in [5, 5.41) is 0.707. The Labute approximate surface area is 117 Å². The molecule has 2 nitrogen and oxygen atoms in total. The summed E-state index contributed by atoms with van der Waals surface area (Å²) in [7, 11) is 0. The van der Waals surface area contributed by atoms with Crippen LogP contribution in [-0.4, -0.2) is 9.55 Å². The van der Waals surface area contributed by atoms with E-state index >= 15 is 0 Å². The summed E-state index contributed by atoms with van der Waals surface area (Å²) in [6.07, 6.45) is 3.96. The Morgan fingerprint density at radius 3 is 2.83 bits per heavy atom. The van der Waals surface area contributed by atoms with Crippen LogP contribution in [0.3, 0.4) is 0 Å². The van der Waals surface area contributed by atoms with Gasteiger partial charge in [-0.15, -0.1) is 11.6 Å². The maximum atomic E-state index is 6.21. The van der Waals surface area contributed by atoms with Crippen LogP contribution >= 0.6 is 23.2 Å². The van der Waals surface area contributed by atoms with E-state index in [1.54, 1.807) is 0 Å². The summed E-state index contributed by atoms with van der Waals surface area (Å²) in [5.74, 6) is 2.12. The molecule has 1 aromatic heterocycles. The zero-order chi connectivity index (χ0) is 12.7. The van der Waals surface area contributed by atoms with Gasteiger partial charge in [-0.3, -0.25) is 0 Å². The predicted octanol–water partition coefficient (Wildman–Crippen LogP) is 4.79. The van der Waals surface area contributed by atoms with E-state index in [9.17, 15) is 0 Å². The minimum Gasteiger partial charge on any atom is -0.324 e. The molecule has 1 fully saturated rings. The first-order valence-corrected chi connectivity index (χ1v) is 7.35. The van der Waals surface area contributed by atoms with E-state index in [0.29, 0.717) is 16.9 Å². The van der Waals surface area contributed by atoms with Crippen LogP contribution < -0.4 is 0 Å². The Morgan fingerprint density at radius 1 is 1.44 bits per heavy atom. The summed E-state index contributed by atoms with van der Waals surface area (Å²) >= 11 is 12.3. The first-order chi connectivity index (χ1) is 8.72. The molecule has 0 radical (unpaired) electrons. The van der Waals surface area contributed by atoms with Gasteiger partial charge in [0, 0.05) is 6.04 Å². The highest BCUT2D eigenvalue weighted by Crippen LogP contribution is 2.39.